The average molecular weight is 229 g/mol. The standard InChI is InChI=1S/C11H23N3O2/c1-7(2)10(11(12)16)13-6-9(15)14(5)8(3)4/h7-8,10,13H,6H2,1-5H3,(H2,12,16). The first-order valence-electron chi connectivity index (χ1n) is 5.55. The third-order valence-corrected chi connectivity index (χ3v) is 2.61. The van der Waals surface area contributed by atoms with Gasteiger partial charge in [0.2, 0.25) is 11.8 Å². The molecule has 94 valence electrons. The molecule has 1 unspecified atom stereocenters. The lowest BCUT2D eigenvalue weighted by Crippen LogP contribution is -2.49. The van der Waals surface area contributed by atoms with E-state index in [0.717, 1.165) is 0 Å². The molecule has 0 aliphatic rings. The molecule has 0 bridgehead atoms. The lowest BCUT2D eigenvalue weighted by molar-refractivity contribution is -0.130. The molecule has 0 radical (unpaired) electrons. The lowest BCUT2D eigenvalue weighted by atomic mass is 10.0. The Kier molecular flexibility index (Phi) is 6.03. The number of likely N-dealkylation sites (N-methyl/N-ethyl adjacent to an activating group) is 1. The highest BCUT2D eigenvalue weighted by atomic mass is 16.2. The summed E-state index contributed by atoms with van der Waals surface area (Å²) in [5.74, 6) is -0.383. The quantitative estimate of drug-likeness (QED) is 0.670. The van der Waals surface area contributed by atoms with Gasteiger partial charge in [-0.2, -0.15) is 0 Å². The highest BCUT2D eigenvalue weighted by molar-refractivity contribution is 5.82. The van der Waals surface area contributed by atoms with Gasteiger partial charge >= 0.3 is 0 Å². The molecule has 0 aliphatic carbocycles. The third kappa shape index (κ3) is 4.61. The summed E-state index contributed by atoms with van der Waals surface area (Å²) in [5.41, 5.74) is 5.23. The molecule has 0 aromatic carbocycles. The monoisotopic (exact) mass is 229 g/mol. The second-order valence-electron chi connectivity index (χ2n) is 4.60. The molecular formula is C11H23N3O2. The van der Waals surface area contributed by atoms with Gasteiger partial charge in [-0.25, -0.2) is 0 Å². The van der Waals surface area contributed by atoms with Gasteiger partial charge in [0.25, 0.3) is 0 Å². The van der Waals surface area contributed by atoms with Crippen LogP contribution in [-0.4, -0.2) is 42.4 Å². The fraction of sp³-hybridized carbons (Fsp3) is 0.818. The molecular weight excluding hydrogens is 206 g/mol. The van der Waals surface area contributed by atoms with Crippen LogP contribution >= 0.6 is 0 Å². The van der Waals surface area contributed by atoms with Crippen LogP contribution in [0, 0.1) is 5.92 Å². The van der Waals surface area contributed by atoms with Gasteiger partial charge < -0.3 is 10.6 Å². The number of nitrogens with two attached hydrogens (primary N) is 1. The van der Waals surface area contributed by atoms with E-state index in [9.17, 15) is 9.59 Å². The summed E-state index contributed by atoms with van der Waals surface area (Å²) in [6.07, 6.45) is 0. The topological polar surface area (TPSA) is 75.4 Å². The largest absolute Gasteiger partial charge is 0.368 e. The zero-order valence-corrected chi connectivity index (χ0v) is 10.8. The Morgan fingerprint density at radius 3 is 2.06 bits per heavy atom. The smallest absolute Gasteiger partial charge is 0.236 e. The third-order valence-electron chi connectivity index (χ3n) is 2.61. The molecule has 0 saturated heterocycles. The Balaban J connectivity index is 4.22. The lowest BCUT2D eigenvalue weighted by Gasteiger charge is -2.24. The molecule has 3 N–H and O–H groups in total. The second kappa shape index (κ2) is 6.48. The van der Waals surface area contributed by atoms with Crippen molar-refractivity contribution in [3.63, 3.8) is 0 Å². The van der Waals surface area contributed by atoms with Crippen LogP contribution in [0.15, 0.2) is 0 Å². The van der Waals surface area contributed by atoms with Crippen LogP contribution in [-0.2, 0) is 9.59 Å². The van der Waals surface area contributed by atoms with E-state index in [1.807, 2.05) is 27.7 Å². The van der Waals surface area contributed by atoms with E-state index in [2.05, 4.69) is 5.32 Å². The first-order valence-corrected chi connectivity index (χ1v) is 5.55. The van der Waals surface area contributed by atoms with Gasteiger partial charge in [0, 0.05) is 13.1 Å². The van der Waals surface area contributed by atoms with E-state index in [1.165, 1.54) is 0 Å². The van der Waals surface area contributed by atoms with Gasteiger partial charge in [-0.15, -0.1) is 0 Å². The molecule has 0 fully saturated rings. The molecule has 1 atom stereocenters. The van der Waals surface area contributed by atoms with E-state index >= 15 is 0 Å². The Labute approximate surface area is 97.4 Å². The minimum absolute atomic E-state index is 0.0399. The van der Waals surface area contributed by atoms with Crippen molar-refractivity contribution in [3.05, 3.63) is 0 Å². The van der Waals surface area contributed by atoms with Crippen LogP contribution in [0.2, 0.25) is 0 Å². The molecule has 16 heavy (non-hydrogen) atoms. The Morgan fingerprint density at radius 1 is 1.25 bits per heavy atom. The van der Waals surface area contributed by atoms with E-state index in [0.29, 0.717) is 0 Å². The number of primary amides is 1. The second-order valence-corrected chi connectivity index (χ2v) is 4.60. The van der Waals surface area contributed by atoms with Crippen LogP contribution in [0.1, 0.15) is 27.7 Å². The Hall–Kier alpha value is -1.10. The molecule has 0 rings (SSSR count). The van der Waals surface area contributed by atoms with E-state index in [-0.39, 0.29) is 24.4 Å². The molecule has 0 spiro atoms. The highest BCUT2D eigenvalue weighted by Gasteiger charge is 2.21. The van der Waals surface area contributed by atoms with Crippen molar-refractivity contribution in [3.8, 4) is 0 Å². The van der Waals surface area contributed by atoms with Gasteiger partial charge in [-0.1, -0.05) is 13.8 Å². The van der Waals surface area contributed by atoms with Gasteiger partial charge in [0.1, 0.15) is 0 Å². The number of carbonyl (C=O) groups is 2. The SMILES string of the molecule is CC(C)C(NCC(=O)N(C)C(C)C)C(N)=O. The van der Waals surface area contributed by atoms with Crippen LogP contribution in [0.3, 0.4) is 0 Å². The predicted octanol–water partition coefficient (Wildman–Crippen LogP) is -0.0473. The Bertz CT molecular complexity index is 252. The van der Waals surface area contributed by atoms with Crippen LogP contribution in [0.5, 0.6) is 0 Å². The first kappa shape index (κ1) is 14.9. The fourth-order valence-corrected chi connectivity index (χ4v) is 1.27. The van der Waals surface area contributed by atoms with Gasteiger partial charge in [-0.05, 0) is 19.8 Å². The minimum Gasteiger partial charge on any atom is -0.368 e. The molecule has 0 aromatic heterocycles. The predicted molar refractivity (Wildman–Crippen MR) is 63.7 cm³/mol. The van der Waals surface area contributed by atoms with Crippen LogP contribution < -0.4 is 11.1 Å². The van der Waals surface area contributed by atoms with E-state index in [1.54, 1.807) is 11.9 Å². The number of nitrogens with zero attached hydrogens (tertiary/aromatic N) is 1. The zero-order chi connectivity index (χ0) is 12.9. The fourth-order valence-electron chi connectivity index (χ4n) is 1.27. The maximum Gasteiger partial charge on any atom is 0.236 e. The summed E-state index contributed by atoms with van der Waals surface area (Å²) in [6.45, 7) is 7.79. The normalized spacial score (nSPS) is 12.9. The highest BCUT2D eigenvalue weighted by Crippen LogP contribution is 2.01. The summed E-state index contributed by atoms with van der Waals surface area (Å²) >= 11 is 0. The number of rotatable bonds is 6. The van der Waals surface area contributed by atoms with Crippen molar-refractivity contribution >= 4 is 11.8 Å². The van der Waals surface area contributed by atoms with E-state index in [4.69, 9.17) is 5.73 Å². The minimum atomic E-state index is -0.454. The number of amides is 2. The maximum atomic E-state index is 11.6. The van der Waals surface area contributed by atoms with Crippen molar-refractivity contribution in [2.24, 2.45) is 11.7 Å². The van der Waals surface area contributed by atoms with Crippen LogP contribution in [0.25, 0.3) is 0 Å². The van der Waals surface area contributed by atoms with Gasteiger partial charge in [0.05, 0.1) is 12.6 Å². The van der Waals surface area contributed by atoms with Crippen molar-refractivity contribution in [1.82, 2.24) is 10.2 Å². The summed E-state index contributed by atoms with van der Waals surface area (Å²) in [4.78, 5) is 24.4. The molecule has 0 heterocycles. The van der Waals surface area contributed by atoms with Crippen molar-refractivity contribution in [2.45, 2.75) is 39.8 Å². The summed E-state index contributed by atoms with van der Waals surface area (Å²) in [7, 11) is 1.74. The summed E-state index contributed by atoms with van der Waals surface area (Å²) < 4.78 is 0. The molecule has 0 aliphatic heterocycles. The number of hydrogen-bond acceptors (Lipinski definition) is 3. The van der Waals surface area contributed by atoms with Gasteiger partial charge in [0.15, 0.2) is 0 Å². The summed E-state index contributed by atoms with van der Waals surface area (Å²) in [6, 6.07) is -0.301. The van der Waals surface area contributed by atoms with Crippen molar-refractivity contribution in [1.29, 1.82) is 0 Å². The Morgan fingerprint density at radius 2 is 1.75 bits per heavy atom. The number of carbonyl (C=O) groups excluding carboxylic acids is 2. The van der Waals surface area contributed by atoms with Crippen molar-refractivity contribution < 1.29 is 9.59 Å². The molecule has 0 aromatic rings. The number of hydrogen-bond donors (Lipinski definition) is 2. The summed E-state index contributed by atoms with van der Waals surface area (Å²) in [5, 5.41) is 2.89. The van der Waals surface area contributed by atoms with Gasteiger partial charge in [-0.3, -0.25) is 14.9 Å². The maximum absolute atomic E-state index is 11.6. The zero-order valence-electron chi connectivity index (χ0n) is 10.8. The molecule has 5 nitrogen and oxygen atoms in total. The van der Waals surface area contributed by atoms with E-state index < -0.39 is 11.9 Å². The molecule has 0 saturated carbocycles. The van der Waals surface area contributed by atoms with Crippen molar-refractivity contribution in [2.75, 3.05) is 13.6 Å². The molecule has 2 amide bonds. The average Bonchev–Trinajstić information content (AvgIpc) is 2.15. The first-order chi connectivity index (χ1) is 7.27. The number of nitrogens with one attached hydrogen (secondary N) is 1. The molecule has 5 heteroatoms. The van der Waals surface area contributed by atoms with Crippen LogP contribution in [0.4, 0.5) is 0 Å².